The van der Waals surface area contributed by atoms with Gasteiger partial charge >= 0.3 is 0 Å². The summed E-state index contributed by atoms with van der Waals surface area (Å²) in [6.07, 6.45) is 0. The molecule has 2 N–H and O–H groups in total. The quantitative estimate of drug-likeness (QED) is 0.938. The molecule has 0 unspecified atom stereocenters. The molecule has 0 bridgehead atoms. The summed E-state index contributed by atoms with van der Waals surface area (Å²) in [5.41, 5.74) is 6.73. The Kier molecular flexibility index (Phi) is 4.02. The monoisotopic (exact) mass is 286 g/mol. The first kappa shape index (κ1) is 15.1. The smallest absolute Gasteiger partial charge is 0.224 e. The third kappa shape index (κ3) is 3.84. The lowest BCUT2D eigenvalue weighted by molar-refractivity contribution is 0.446. The van der Waals surface area contributed by atoms with Crippen LogP contribution in [0.15, 0.2) is 30.3 Å². The maximum absolute atomic E-state index is 5.85. The number of benzene rings is 1. The maximum atomic E-state index is 5.85. The fraction of sp³-hybridized carbons (Fsp3) is 0.375. The predicted molar refractivity (Wildman–Crippen MR) is 86.0 cm³/mol. The first-order valence-corrected chi connectivity index (χ1v) is 6.86. The van der Waals surface area contributed by atoms with Gasteiger partial charge in [-0.1, -0.05) is 26.8 Å². The number of hydrogen-bond donors (Lipinski definition) is 1. The molecule has 0 saturated carbocycles. The third-order valence-electron chi connectivity index (χ3n) is 2.95. The van der Waals surface area contributed by atoms with E-state index in [0.29, 0.717) is 17.5 Å². The van der Waals surface area contributed by atoms with Crippen LogP contribution in [-0.4, -0.2) is 24.1 Å². The molecule has 5 heteroatoms. The molecule has 1 aromatic heterocycles. The van der Waals surface area contributed by atoms with E-state index in [1.54, 1.807) is 6.07 Å². The van der Waals surface area contributed by atoms with Crippen LogP contribution in [0.2, 0.25) is 0 Å². The Labute approximate surface area is 125 Å². The summed E-state index contributed by atoms with van der Waals surface area (Å²) in [5, 5.41) is 0. The fourth-order valence-electron chi connectivity index (χ4n) is 1.78. The second kappa shape index (κ2) is 5.60. The highest BCUT2D eigenvalue weighted by Gasteiger charge is 2.19. The summed E-state index contributed by atoms with van der Waals surface area (Å²) in [5.74, 6) is 2.26. The third-order valence-corrected chi connectivity index (χ3v) is 2.95. The zero-order valence-electron chi connectivity index (χ0n) is 13.2. The van der Waals surface area contributed by atoms with Crippen molar-refractivity contribution in [1.29, 1.82) is 0 Å². The van der Waals surface area contributed by atoms with Gasteiger partial charge in [-0.15, -0.1) is 0 Å². The standard InChI is InChI=1S/C16H22N4O/c1-16(2,3)15-18-13(17)10-14(19-15)21-12-8-6-7-11(9-12)20(4)5/h6-10H,1-5H3,(H2,17,18,19). The van der Waals surface area contributed by atoms with Gasteiger partial charge in [0.15, 0.2) is 0 Å². The molecule has 0 saturated heterocycles. The molecule has 21 heavy (non-hydrogen) atoms. The Morgan fingerprint density at radius 3 is 2.43 bits per heavy atom. The van der Waals surface area contributed by atoms with Crippen LogP contribution in [-0.2, 0) is 5.41 Å². The first-order valence-electron chi connectivity index (χ1n) is 6.86. The molecule has 0 atom stereocenters. The van der Waals surface area contributed by atoms with E-state index in [0.717, 1.165) is 11.4 Å². The highest BCUT2D eigenvalue weighted by Crippen LogP contribution is 2.27. The van der Waals surface area contributed by atoms with Crippen molar-refractivity contribution in [2.24, 2.45) is 0 Å². The van der Waals surface area contributed by atoms with E-state index in [9.17, 15) is 0 Å². The molecule has 0 fully saturated rings. The maximum Gasteiger partial charge on any atom is 0.224 e. The minimum atomic E-state index is -0.182. The summed E-state index contributed by atoms with van der Waals surface area (Å²) >= 11 is 0. The average molecular weight is 286 g/mol. The SMILES string of the molecule is CN(C)c1cccc(Oc2cc(N)nc(C(C)(C)C)n2)c1. The molecule has 0 radical (unpaired) electrons. The lowest BCUT2D eigenvalue weighted by atomic mass is 9.96. The predicted octanol–water partition coefficient (Wildman–Crippen LogP) is 3.21. The van der Waals surface area contributed by atoms with Gasteiger partial charge in [0, 0.05) is 37.3 Å². The van der Waals surface area contributed by atoms with Crippen LogP contribution in [0.4, 0.5) is 11.5 Å². The summed E-state index contributed by atoms with van der Waals surface area (Å²) in [6, 6.07) is 9.44. The number of nitrogens with zero attached hydrogens (tertiary/aromatic N) is 3. The van der Waals surface area contributed by atoms with E-state index in [-0.39, 0.29) is 5.41 Å². The van der Waals surface area contributed by atoms with Gasteiger partial charge in [-0.2, -0.15) is 4.98 Å². The van der Waals surface area contributed by atoms with Crippen molar-refractivity contribution in [3.63, 3.8) is 0 Å². The van der Waals surface area contributed by atoms with Crippen molar-refractivity contribution in [2.45, 2.75) is 26.2 Å². The van der Waals surface area contributed by atoms with E-state index >= 15 is 0 Å². The van der Waals surface area contributed by atoms with Crippen LogP contribution in [0.25, 0.3) is 0 Å². The van der Waals surface area contributed by atoms with Crippen LogP contribution >= 0.6 is 0 Å². The Morgan fingerprint density at radius 2 is 1.81 bits per heavy atom. The lowest BCUT2D eigenvalue weighted by Gasteiger charge is -2.18. The van der Waals surface area contributed by atoms with E-state index in [1.807, 2.05) is 64.0 Å². The van der Waals surface area contributed by atoms with Crippen molar-refractivity contribution >= 4 is 11.5 Å². The topological polar surface area (TPSA) is 64.3 Å². The van der Waals surface area contributed by atoms with E-state index < -0.39 is 0 Å². The molecule has 2 aromatic rings. The van der Waals surface area contributed by atoms with Gasteiger partial charge < -0.3 is 15.4 Å². The van der Waals surface area contributed by atoms with E-state index in [2.05, 4.69) is 9.97 Å². The van der Waals surface area contributed by atoms with Crippen LogP contribution in [0.3, 0.4) is 0 Å². The number of hydrogen-bond acceptors (Lipinski definition) is 5. The number of aromatic nitrogens is 2. The largest absolute Gasteiger partial charge is 0.439 e. The Hall–Kier alpha value is -2.30. The summed E-state index contributed by atoms with van der Waals surface area (Å²) in [4.78, 5) is 10.7. The van der Waals surface area contributed by atoms with Gasteiger partial charge in [0.1, 0.15) is 17.4 Å². The van der Waals surface area contributed by atoms with Crippen LogP contribution in [0.5, 0.6) is 11.6 Å². The van der Waals surface area contributed by atoms with Crippen molar-refractivity contribution in [3.05, 3.63) is 36.2 Å². The molecule has 0 amide bonds. The zero-order chi connectivity index (χ0) is 15.6. The summed E-state index contributed by atoms with van der Waals surface area (Å²) in [7, 11) is 3.97. The molecule has 112 valence electrons. The molecular formula is C16H22N4O. The second-order valence-corrected chi connectivity index (χ2v) is 6.20. The normalized spacial score (nSPS) is 11.3. The zero-order valence-corrected chi connectivity index (χ0v) is 13.2. The molecular weight excluding hydrogens is 264 g/mol. The van der Waals surface area contributed by atoms with Gasteiger partial charge in [-0.3, -0.25) is 0 Å². The number of anilines is 2. The Balaban J connectivity index is 2.31. The minimum absolute atomic E-state index is 0.182. The van der Waals surface area contributed by atoms with Crippen molar-refractivity contribution in [3.8, 4) is 11.6 Å². The molecule has 0 aliphatic carbocycles. The Bertz CT molecular complexity index is 632. The molecule has 0 aliphatic rings. The Morgan fingerprint density at radius 1 is 1.10 bits per heavy atom. The van der Waals surface area contributed by atoms with Crippen LogP contribution in [0.1, 0.15) is 26.6 Å². The molecule has 0 spiro atoms. The van der Waals surface area contributed by atoms with E-state index in [1.165, 1.54) is 0 Å². The molecule has 2 rings (SSSR count). The second-order valence-electron chi connectivity index (χ2n) is 6.20. The van der Waals surface area contributed by atoms with Crippen LogP contribution < -0.4 is 15.4 Å². The molecule has 0 aliphatic heterocycles. The van der Waals surface area contributed by atoms with Gasteiger partial charge in [0.25, 0.3) is 0 Å². The molecule has 1 aromatic carbocycles. The van der Waals surface area contributed by atoms with Crippen LogP contribution in [0, 0.1) is 0 Å². The van der Waals surface area contributed by atoms with Gasteiger partial charge in [0.2, 0.25) is 5.88 Å². The van der Waals surface area contributed by atoms with Gasteiger partial charge in [0.05, 0.1) is 0 Å². The summed E-state index contributed by atoms with van der Waals surface area (Å²) < 4.78 is 5.83. The number of ether oxygens (including phenoxy) is 1. The van der Waals surface area contributed by atoms with Crippen molar-refractivity contribution in [1.82, 2.24) is 9.97 Å². The fourth-order valence-corrected chi connectivity index (χ4v) is 1.78. The highest BCUT2D eigenvalue weighted by molar-refractivity contribution is 5.50. The molecule has 5 nitrogen and oxygen atoms in total. The number of nitrogens with two attached hydrogens (primary N) is 1. The number of rotatable bonds is 3. The van der Waals surface area contributed by atoms with Gasteiger partial charge in [-0.05, 0) is 12.1 Å². The molecule has 1 heterocycles. The van der Waals surface area contributed by atoms with Crippen molar-refractivity contribution < 1.29 is 4.74 Å². The van der Waals surface area contributed by atoms with E-state index in [4.69, 9.17) is 10.5 Å². The average Bonchev–Trinajstić information content (AvgIpc) is 2.37. The first-order chi connectivity index (χ1) is 9.75. The number of nitrogen functional groups attached to an aromatic ring is 1. The highest BCUT2D eigenvalue weighted by atomic mass is 16.5. The minimum Gasteiger partial charge on any atom is -0.439 e. The van der Waals surface area contributed by atoms with Gasteiger partial charge in [-0.25, -0.2) is 4.98 Å². The summed E-state index contributed by atoms with van der Waals surface area (Å²) in [6.45, 7) is 6.12. The lowest BCUT2D eigenvalue weighted by Crippen LogP contribution is -2.17. The van der Waals surface area contributed by atoms with Crippen molar-refractivity contribution in [2.75, 3.05) is 24.7 Å².